The van der Waals surface area contributed by atoms with Gasteiger partial charge in [0.05, 0.1) is 26.2 Å². The van der Waals surface area contributed by atoms with Crippen LogP contribution in [-0.2, 0) is 4.74 Å². The molecule has 1 heterocycles. The van der Waals surface area contributed by atoms with Gasteiger partial charge in [-0.3, -0.25) is 0 Å². The summed E-state index contributed by atoms with van der Waals surface area (Å²) in [5.74, 6) is 0. The van der Waals surface area contributed by atoms with Crippen LogP contribution >= 0.6 is 0 Å². The average molecular weight is 270 g/mol. The van der Waals surface area contributed by atoms with E-state index in [-0.39, 0.29) is 0 Å². The summed E-state index contributed by atoms with van der Waals surface area (Å²) in [5.41, 5.74) is 0. The Kier molecular flexibility index (Phi) is 8.72. The molecule has 2 nitrogen and oxygen atoms in total. The van der Waals surface area contributed by atoms with Crippen LogP contribution in [0.2, 0.25) is 0 Å². The van der Waals surface area contributed by atoms with Crippen LogP contribution in [0.25, 0.3) is 0 Å². The van der Waals surface area contributed by atoms with E-state index in [1.165, 1.54) is 82.0 Å². The molecule has 1 saturated heterocycles. The van der Waals surface area contributed by atoms with Gasteiger partial charge >= 0.3 is 0 Å². The maximum Gasteiger partial charge on any atom is 0.130 e. The summed E-state index contributed by atoms with van der Waals surface area (Å²) in [5, 5.41) is 0. The van der Waals surface area contributed by atoms with Gasteiger partial charge in [0.2, 0.25) is 0 Å². The molecule has 1 fully saturated rings. The summed E-state index contributed by atoms with van der Waals surface area (Å²) in [4.78, 5) is 0. The lowest BCUT2D eigenvalue weighted by molar-refractivity contribution is -0.929. The SMILES string of the molecule is CCCCCCCC[N+](CCC)(CCC)CC1CO1. The first-order valence-electron chi connectivity index (χ1n) is 8.73. The maximum atomic E-state index is 5.50. The van der Waals surface area contributed by atoms with Crippen molar-refractivity contribution in [2.24, 2.45) is 0 Å². The molecular formula is C17H36NO+. The van der Waals surface area contributed by atoms with Crippen molar-refractivity contribution < 1.29 is 9.22 Å². The molecule has 0 spiro atoms. The zero-order chi connectivity index (χ0) is 14.0. The minimum Gasteiger partial charge on any atom is -0.367 e. The Labute approximate surface area is 121 Å². The van der Waals surface area contributed by atoms with Crippen molar-refractivity contribution in [2.75, 3.05) is 32.8 Å². The summed E-state index contributed by atoms with van der Waals surface area (Å²) in [7, 11) is 0. The molecule has 0 aliphatic carbocycles. The second-order valence-electron chi connectivity index (χ2n) is 6.42. The van der Waals surface area contributed by atoms with Crippen LogP contribution in [0, 0.1) is 0 Å². The summed E-state index contributed by atoms with van der Waals surface area (Å²) >= 11 is 0. The Bertz CT molecular complexity index is 207. The number of epoxide rings is 1. The number of hydrogen-bond donors (Lipinski definition) is 0. The number of ether oxygens (including phenoxy) is 1. The molecule has 19 heavy (non-hydrogen) atoms. The lowest BCUT2D eigenvalue weighted by Gasteiger charge is -2.38. The molecule has 0 amide bonds. The molecule has 1 unspecified atom stereocenters. The quantitative estimate of drug-likeness (QED) is 0.275. The third-order valence-electron chi connectivity index (χ3n) is 4.38. The number of unbranched alkanes of at least 4 members (excludes halogenated alkanes) is 5. The van der Waals surface area contributed by atoms with Gasteiger partial charge in [0.1, 0.15) is 12.6 Å². The summed E-state index contributed by atoms with van der Waals surface area (Å²) in [6, 6.07) is 0. The van der Waals surface area contributed by atoms with Gasteiger partial charge in [-0.2, -0.15) is 0 Å². The monoisotopic (exact) mass is 270 g/mol. The van der Waals surface area contributed by atoms with E-state index in [4.69, 9.17) is 4.74 Å². The van der Waals surface area contributed by atoms with E-state index in [0.717, 1.165) is 6.61 Å². The molecule has 1 rings (SSSR count). The Morgan fingerprint density at radius 2 is 1.37 bits per heavy atom. The van der Waals surface area contributed by atoms with Crippen molar-refractivity contribution >= 4 is 0 Å². The summed E-state index contributed by atoms with van der Waals surface area (Å²) in [6.45, 7) is 13.3. The van der Waals surface area contributed by atoms with E-state index in [2.05, 4.69) is 20.8 Å². The molecule has 0 radical (unpaired) electrons. The molecule has 1 atom stereocenters. The largest absolute Gasteiger partial charge is 0.367 e. The molecule has 1 aliphatic rings. The zero-order valence-electron chi connectivity index (χ0n) is 13.6. The first kappa shape index (κ1) is 17.0. The van der Waals surface area contributed by atoms with Crippen molar-refractivity contribution in [1.82, 2.24) is 0 Å². The number of rotatable bonds is 13. The molecule has 0 saturated carbocycles. The van der Waals surface area contributed by atoms with Gasteiger partial charge in [0.15, 0.2) is 0 Å². The fourth-order valence-corrected chi connectivity index (χ4v) is 3.39. The molecule has 0 bridgehead atoms. The number of hydrogen-bond acceptors (Lipinski definition) is 1. The van der Waals surface area contributed by atoms with Crippen molar-refractivity contribution in [3.05, 3.63) is 0 Å². The second-order valence-corrected chi connectivity index (χ2v) is 6.42. The fourth-order valence-electron chi connectivity index (χ4n) is 3.39. The normalized spacial score (nSPS) is 18.8. The van der Waals surface area contributed by atoms with Crippen LogP contribution in [0.15, 0.2) is 0 Å². The average Bonchev–Trinajstić information content (AvgIpc) is 3.18. The van der Waals surface area contributed by atoms with Gasteiger partial charge in [0.25, 0.3) is 0 Å². The van der Waals surface area contributed by atoms with Gasteiger partial charge in [-0.1, -0.05) is 46.5 Å². The highest BCUT2D eigenvalue weighted by molar-refractivity contribution is 4.69. The van der Waals surface area contributed by atoms with E-state index >= 15 is 0 Å². The highest BCUT2D eigenvalue weighted by Crippen LogP contribution is 2.21. The smallest absolute Gasteiger partial charge is 0.130 e. The summed E-state index contributed by atoms with van der Waals surface area (Å²) in [6.07, 6.45) is 11.7. The zero-order valence-corrected chi connectivity index (χ0v) is 13.6. The lowest BCUT2D eigenvalue weighted by atomic mass is 10.1. The van der Waals surface area contributed by atoms with Gasteiger partial charge in [-0.25, -0.2) is 0 Å². The number of nitrogens with zero attached hydrogens (tertiary/aromatic N) is 1. The summed E-state index contributed by atoms with van der Waals surface area (Å²) < 4.78 is 6.83. The Morgan fingerprint density at radius 1 is 0.789 bits per heavy atom. The van der Waals surface area contributed by atoms with E-state index < -0.39 is 0 Å². The van der Waals surface area contributed by atoms with Crippen LogP contribution in [-0.4, -0.2) is 43.4 Å². The Hall–Kier alpha value is -0.0800. The predicted molar refractivity (Wildman–Crippen MR) is 83.4 cm³/mol. The highest BCUT2D eigenvalue weighted by atomic mass is 16.6. The van der Waals surface area contributed by atoms with Crippen molar-refractivity contribution in [3.63, 3.8) is 0 Å². The maximum absolute atomic E-state index is 5.50. The van der Waals surface area contributed by atoms with E-state index in [1.807, 2.05) is 0 Å². The highest BCUT2D eigenvalue weighted by Gasteiger charge is 2.35. The van der Waals surface area contributed by atoms with Gasteiger partial charge in [0, 0.05) is 0 Å². The van der Waals surface area contributed by atoms with E-state index in [0.29, 0.717) is 6.10 Å². The minimum absolute atomic E-state index is 0.582. The van der Waals surface area contributed by atoms with Crippen molar-refractivity contribution in [1.29, 1.82) is 0 Å². The molecule has 1 aliphatic heterocycles. The topological polar surface area (TPSA) is 12.5 Å². The molecular weight excluding hydrogens is 234 g/mol. The third kappa shape index (κ3) is 7.31. The van der Waals surface area contributed by atoms with Crippen LogP contribution < -0.4 is 0 Å². The predicted octanol–water partition coefficient (Wildman–Crippen LogP) is 4.38. The molecule has 114 valence electrons. The molecule has 2 heteroatoms. The second kappa shape index (κ2) is 9.77. The Balaban J connectivity index is 2.29. The van der Waals surface area contributed by atoms with Gasteiger partial charge in [-0.05, 0) is 25.7 Å². The first-order chi connectivity index (χ1) is 9.26. The van der Waals surface area contributed by atoms with Gasteiger partial charge in [-0.15, -0.1) is 0 Å². The van der Waals surface area contributed by atoms with Crippen molar-refractivity contribution in [2.45, 2.75) is 78.2 Å². The Morgan fingerprint density at radius 3 is 1.89 bits per heavy atom. The molecule has 0 N–H and O–H groups in total. The molecule has 0 aromatic carbocycles. The molecule has 0 aromatic rings. The third-order valence-corrected chi connectivity index (χ3v) is 4.38. The lowest BCUT2D eigenvalue weighted by Crippen LogP contribution is -2.52. The minimum atomic E-state index is 0.582. The molecule has 0 aromatic heterocycles. The fraction of sp³-hybridized carbons (Fsp3) is 1.00. The van der Waals surface area contributed by atoms with E-state index in [1.54, 1.807) is 0 Å². The standard InChI is InChI=1S/C17H36NO/c1-4-7-8-9-10-11-14-18(12-5-2,13-6-3)15-17-16-19-17/h17H,4-16H2,1-3H3/q+1. The van der Waals surface area contributed by atoms with Crippen LogP contribution in [0.4, 0.5) is 0 Å². The van der Waals surface area contributed by atoms with E-state index in [9.17, 15) is 0 Å². The van der Waals surface area contributed by atoms with Crippen molar-refractivity contribution in [3.8, 4) is 0 Å². The number of quaternary nitrogens is 1. The van der Waals surface area contributed by atoms with Crippen LogP contribution in [0.1, 0.15) is 72.1 Å². The first-order valence-corrected chi connectivity index (χ1v) is 8.73. The van der Waals surface area contributed by atoms with Crippen LogP contribution in [0.3, 0.4) is 0 Å². The van der Waals surface area contributed by atoms with Crippen LogP contribution in [0.5, 0.6) is 0 Å². The van der Waals surface area contributed by atoms with Gasteiger partial charge < -0.3 is 9.22 Å².